The number of aliphatic hydroxyl groups excluding tert-OH is 1. The standard InChI is InChI=1S/C12H26N2O2/c1-4-16-9-12(15)8-13-11-5-6-14(3)10(2)7-11/h10-13,15H,4-9H2,1-3H3. The molecule has 0 radical (unpaired) electrons. The molecule has 0 spiro atoms. The minimum Gasteiger partial charge on any atom is -0.389 e. The van der Waals surface area contributed by atoms with Crippen LogP contribution < -0.4 is 5.32 Å². The predicted molar refractivity (Wildman–Crippen MR) is 65.6 cm³/mol. The quantitative estimate of drug-likeness (QED) is 0.696. The zero-order valence-corrected chi connectivity index (χ0v) is 10.8. The highest BCUT2D eigenvalue weighted by Gasteiger charge is 2.22. The van der Waals surface area contributed by atoms with Crippen molar-refractivity contribution >= 4 is 0 Å². The van der Waals surface area contributed by atoms with Crippen molar-refractivity contribution in [3.05, 3.63) is 0 Å². The van der Waals surface area contributed by atoms with Crippen LogP contribution in [0.5, 0.6) is 0 Å². The Kier molecular flexibility index (Phi) is 6.28. The molecule has 1 heterocycles. The average molecular weight is 230 g/mol. The van der Waals surface area contributed by atoms with Crippen LogP contribution in [0.25, 0.3) is 0 Å². The van der Waals surface area contributed by atoms with Gasteiger partial charge in [0.25, 0.3) is 0 Å². The fourth-order valence-corrected chi connectivity index (χ4v) is 2.09. The molecule has 1 saturated heterocycles. The molecule has 96 valence electrons. The number of ether oxygens (including phenoxy) is 1. The van der Waals surface area contributed by atoms with E-state index >= 15 is 0 Å². The molecule has 0 aromatic heterocycles. The van der Waals surface area contributed by atoms with E-state index in [2.05, 4.69) is 24.2 Å². The number of likely N-dealkylation sites (tertiary alicyclic amines) is 1. The molecule has 0 aromatic rings. The number of piperidine rings is 1. The Labute approximate surface area is 99.0 Å². The second-order valence-corrected chi connectivity index (χ2v) is 4.77. The summed E-state index contributed by atoms with van der Waals surface area (Å²) in [7, 11) is 2.17. The van der Waals surface area contributed by atoms with Crippen molar-refractivity contribution in [1.82, 2.24) is 10.2 Å². The summed E-state index contributed by atoms with van der Waals surface area (Å²) in [5, 5.41) is 13.1. The maximum atomic E-state index is 9.63. The molecular formula is C12H26N2O2. The number of rotatable bonds is 6. The van der Waals surface area contributed by atoms with Crippen molar-refractivity contribution in [3.63, 3.8) is 0 Å². The molecule has 4 heteroatoms. The van der Waals surface area contributed by atoms with Crippen molar-refractivity contribution in [3.8, 4) is 0 Å². The summed E-state index contributed by atoms with van der Waals surface area (Å²) in [6, 6.07) is 1.18. The summed E-state index contributed by atoms with van der Waals surface area (Å²) in [4.78, 5) is 2.38. The van der Waals surface area contributed by atoms with Crippen molar-refractivity contribution in [2.24, 2.45) is 0 Å². The van der Waals surface area contributed by atoms with Crippen LogP contribution >= 0.6 is 0 Å². The number of aliphatic hydroxyl groups is 1. The van der Waals surface area contributed by atoms with E-state index in [1.54, 1.807) is 0 Å². The van der Waals surface area contributed by atoms with Crippen LogP contribution in [0, 0.1) is 0 Å². The van der Waals surface area contributed by atoms with Gasteiger partial charge in [-0.3, -0.25) is 0 Å². The highest BCUT2D eigenvalue weighted by molar-refractivity contribution is 4.81. The second-order valence-electron chi connectivity index (χ2n) is 4.77. The van der Waals surface area contributed by atoms with Gasteiger partial charge < -0.3 is 20.1 Å². The van der Waals surface area contributed by atoms with Crippen molar-refractivity contribution in [2.75, 3.05) is 33.4 Å². The summed E-state index contributed by atoms with van der Waals surface area (Å²) < 4.78 is 5.18. The first-order valence-corrected chi connectivity index (χ1v) is 6.33. The van der Waals surface area contributed by atoms with Crippen LogP contribution in [0.4, 0.5) is 0 Å². The lowest BCUT2D eigenvalue weighted by molar-refractivity contribution is 0.0390. The van der Waals surface area contributed by atoms with Gasteiger partial charge in [-0.05, 0) is 40.3 Å². The van der Waals surface area contributed by atoms with Gasteiger partial charge in [0.15, 0.2) is 0 Å². The zero-order valence-electron chi connectivity index (χ0n) is 10.8. The molecule has 0 amide bonds. The molecule has 3 unspecified atom stereocenters. The van der Waals surface area contributed by atoms with E-state index in [9.17, 15) is 5.11 Å². The van der Waals surface area contributed by atoms with Gasteiger partial charge in [0.05, 0.1) is 12.7 Å². The second kappa shape index (κ2) is 7.22. The predicted octanol–water partition coefficient (Wildman–Crippen LogP) is 0.456. The van der Waals surface area contributed by atoms with Gasteiger partial charge in [-0.2, -0.15) is 0 Å². The van der Waals surface area contributed by atoms with Gasteiger partial charge in [0, 0.05) is 25.2 Å². The molecular weight excluding hydrogens is 204 g/mol. The zero-order chi connectivity index (χ0) is 12.0. The lowest BCUT2D eigenvalue weighted by atomic mass is 9.99. The van der Waals surface area contributed by atoms with Crippen LogP contribution in [0.2, 0.25) is 0 Å². The lowest BCUT2D eigenvalue weighted by Crippen LogP contribution is -2.47. The van der Waals surface area contributed by atoms with Gasteiger partial charge in [-0.1, -0.05) is 0 Å². The van der Waals surface area contributed by atoms with Gasteiger partial charge in [0.1, 0.15) is 0 Å². The molecule has 1 aliphatic rings. The van der Waals surface area contributed by atoms with Crippen LogP contribution in [0.3, 0.4) is 0 Å². The molecule has 0 saturated carbocycles. The van der Waals surface area contributed by atoms with Gasteiger partial charge >= 0.3 is 0 Å². The van der Waals surface area contributed by atoms with E-state index in [0.29, 0.717) is 31.8 Å². The molecule has 1 rings (SSSR count). The van der Waals surface area contributed by atoms with E-state index in [-0.39, 0.29) is 6.10 Å². The smallest absolute Gasteiger partial charge is 0.0897 e. The molecule has 0 bridgehead atoms. The van der Waals surface area contributed by atoms with Gasteiger partial charge in [-0.25, -0.2) is 0 Å². The largest absolute Gasteiger partial charge is 0.389 e. The average Bonchev–Trinajstić information content (AvgIpc) is 2.28. The van der Waals surface area contributed by atoms with Crippen LogP contribution in [-0.4, -0.2) is 61.5 Å². The molecule has 0 aliphatic carbocycles. The van der Waals surface area contributed by atoms with E-state index in [0.717, 1.165) is 13.0 Å². The molecule has 0 aromatic carbocycles. The Morgan fingerprint density at radius 1 is 1.56 bits per heavy atom. The lowest BCUT2D eigenvalue weighted by Gasteiger charge is -2.35. The molecule has 1 aliphatic heterocycles. The third-order valence-corrected chi connectivity index (χ3v) is 3.36. The van der Waals surface area contributed by atoms with Crippen LogP contribution in [-0.2, 0) is 4.74 Å². The monoisotopic (exact) mass is 230 g/mol. The summed E-state index contributed by atoms with van der Waals surface area (Å²) in [5.74, 6) is 0. The van der Waals surface area contributed by atoms with Crippen molar-refractivity contribution in [2.45, 2.75) is 44.9 Å². The van der Waals surface area contributed by atoms with E-state index in [1.807, 2.05) is 6.92 Å². The molecule has 1 fully saturated rings. The molecule has 3 atom stereocenters. The van der Waals surface area contributed by atoms with Crippen molar-refractivity contribution < 1.29 is 9.84 Å². The van der Waals surface area contributed by atoms with Crippen LogP contribution in [0.1, 0.15) is 26.7 Å². The van der Waals surface area contributed by atoms with Gasteiger partial charge in [-0.15, -0.1) is 0 Å². The fourth-order valence-electron chi connectivity index (χ4n) is 2.09. The topological polar surface area (TPSA) is 44.7 Å². The summed E-state index contributed by atoms with van der Waals surface area (Å²) in [6.07, 6.45) is 1.95. The maximum Gasteiger partial charge on any atom is 0.0897 e. The molecule has 2 N–H and O–H groups in total. The van der Waals surface area contributed by atoms with E-state index in [4.69, 9.17) is 4.74 Å². The Hall–Kier alpha value is -0.160. The Balaban J connectivity index is 2.13. The SMILES string of the molecule is CCOCC(O)CNC1CCN(C)C(C)C1. The summed E-state index contributed by atoms with van der Waals surface area (Å²) in [6.45, 7) is 7.08. The first-order valence-electron chi connectivity index (χ1n) is 6.33. The van der Waals surface area contributed by atoms with Crippen LogP contribution in [0.15, 0.2) is 0 Å². The summed E-state index contributed by atoms with van der Waals surface area (Å²) >= 11 is 0. The molecule has 16 heavy (non-hydrogen) atoms. The van der Waals surface area contributed by atoms with E-state index in [1.165, 1.54) is 6.42 Å². The summed E-state index contributed by atoms with van der Waals surface area (Å²) in [5.41, 5.74) is 0. The number of nitrogens with one attached hydrogen (secondary N) is 1. The normalized spacial score (nSPS) is 29.2. The Morgan fingerprint density at radius 2 is 2.31 bits per heavy atom. The third kappa shape index (κ3) is 4.78. The first-order chi connectivity index (χ1) is 7.63. The Morgan fingerprint density at radius 3 is 2.94 bits per heavy atom. The Bertz CT molecular complexity index is 190. The fraction of sp³-hybridized carbons (Fsp3) is 1.00. The van der Waals surface area contributed by atoms with Gasteiger partial charge in [0.2, 0.25) is 0 Å². The number of hydrogen-bond donors (Lipinski definition) is 2. The minimum atomic E-state index is -0.380. The van der Waals surface area contributed by atoms with Crippen molar-refractivity contribution in [1.29, 1.82) is 0 Å². The first kappa shape index (κ1) is 13.9. The highest BCUT2D eigenvalue weighted by atomic mass is 16.5. The minimum absolute atomic E-state index is 0.380. The third-order valence-electron chi connectivity index (χ3n) is 3.36. The maximum absolute atomic E-state index is 9.63. The molecule has 4 nitrogen and oxygen atoms in total. The number of nitrogens with zero attached hydrogens (tertiary/aromatic N) is 1. The van der Waals surface area contributed by atoms with E-state index < -0.39 is 0 Å². The highest BCUT2D eigenvalue weighted by Crippen LogP contribution is 2.14. The number of hydrogen-bond acceptors (Lipinski definition) is 4.